The highest BCUT2D eigenvalue weighted by molar-refractivity contribution is 7.89. The summed E-state index contributed by atoms with van der Waals surface area (Å²) >= 11 is 6.11. The second-order valence-electron chi connectivity index (χ2n) is 7.03. The van der Waals surface area contributed by atoms with Gasteiger partial charge in [-0.3, -0.25) is 0 Å². The summed E-state index contributed by atoms with van der Waals surface area (Å²) < 4.78 is 28.2. The van der Waals surface area contributed by atoms with Crippen molar-refractivity contribution in [3.63, 3.8) is 0 Å². The van der Waals surface area contributed by atoms with E-state index in [-0.39, 0.29) is 5.75 Å². The second kappa shape index (κ2) is 8.25. The van der Waals surface area contributed by atoms with Crippen LogP contribution >= 0.6 is 11.6 Å². The molecule has 3 heterocycles. The summed E-state index contributed by atoms with van der Waals surface area (Å²) in [6.45, 7) is 4.08. The van der Waals surface area contributed by atoms with Crippen LogP contribution in [0.25, 0.3) is 16.7 Å². The third kappa shape index (κ3) is 4.08. The van der Waals surface area contributed by atoms with Crippen molar-refractivity contribution in [2.45, 2.75) is 19.8 Å². The minimum Gasteiger partial charge on any atom is -0.353 e. The lowest BCUT2D eigenvalue weighted by Crippen LogP contribution is -2.49. The summed E-state index contributed by atoms with van der Waals surface area (Å²) in [5, 5.41) is 5.93. The minimum atomic E-state index is -3.18. The molecule has 0 bridgehead atoms. The van der Waals surface area contributed by atoms with Crippen LogP contribution in [0.1, 0.15) is 19.8 Å². The van der Waals surface area contributed by atoms with E-state index >= 15 is 0 Å². The summed E-state index contributed by atoms with van der Waals surface area (Å²) in [5.41, 5.74) is 1.51. The molecule has 1 aliphatic rings. The molecular weight excluding hydrogens is 412 g/mol. The first-order valence-electron chi connectivity index (χ1n) is 9.67. The molecule has 0 saturated carbocycles. The lowest BCUT2D eigenvalue weighted by atomic mass is 10.3. The Morgan fingerprint density at radius 2 is 1.93 bits per heavy atom. The molecule has 10 heteroatoms. The fraction of sp³-hybridized carbons (Fsp3) is 0.421. The number of sulfonamides is 1. The standard InChI is InChI=1S/C19H23ClN6O2S/c1-2-3-11-29(27,28)25-9-7-24(8-10-25)18-17-13-23-26(19(17)22-14-21-18)16-6-4-5-15(20)12-16/h4-6,12-14H,2-3,7-11H2,1H3. The van der Waals surface area contributed by atoms with Crippen LogP contribution in [0, 0.1) is 0 Å². The molecule has 0 N–H and O–H groups in total. The number of piperazine rings is 1. The Bertz CT molecular complexity index is 1110. The summed E-state index contributed by atoms with van der Waals surface area (Å²) in [6.07, 6.45) is 4.83. The smallest absolute Gasteiger partial charge is 0.214 e. The average Bonchev–Trinajstić information content (AvgIpc) is 3.17. The molecule has 1 aromatic carbocycles. The van der Waals surface area contributed by atoms with E-state index < -0.39 is 10.0 Å². The Morgan fingerprint density at radius 3 is 2.66 bits per heavy atom. The molecule has 4 rings (SSSR count). The first-order valence-corrected chi connectivity index (χ1v) is 11.7. The van der Waals surface area contributed by atoms with E-state index in [9.17, 15) is 8.42 Å². The molecule has 2 aromatic heterocycles. The number of fused-ring (bicyclic) bond motifs is 1. The van der Waals surface area contributed by atoms with Gasteiger partial charge in [0.15, 0.2) is 5.65 Å². The maximum Gasteiger partial charge on any atom is 0.214 e. The Labute approximate surface area is 175 Å². The van der Waals surface area contributed by atoms with E-state index in [1.807, 2.05) is 31.2 Å². The van der Waals surface area contributed by atoms with Crippen molar-refractivity contribution in [3.8, 4) is 5.69 Å². The van der Waals surface area contributed by atoms with Gasteiger partial charge in [-0.1, -0.05) is 31.0 Å². The Balaban J connectivity index is 1.57. The van der Waals surface area contributed by atoms with Gasteiger partial charge in [0.2, 0.25) is 10.0 Å². The number of rotatable bonds is 6. The van der Waals surface area contributed by atoms with Crippen LogP contribution in [0.5, 0.6) is 0 Å². The second-order valence-corrected chi connectivity index (χ2v) is 9.55. The van der Waals surface area contributed by atoms with Crippen LogP contribution in [0.4, 0.5) is 5.82 Å². The molecule has 29 heavy (non-hydrogen) atoms. The van der Waals surface area contributed by atoms with Gasteiger partial charge >= 0.3 is 0 Å². The molecule has 154 valence electrons. The summed E-state index contributed by atoms with van der Waals surface area (Å²) in [7, 11) is -3.18. The van der Waals surface area contributed by atoms with E-state index in [1.54, 1.807) is 15.2 Å². The van der Waals surface area contributed by atoms with Gasteiger partial charge in [-0.2, -0.15) is 9.40 Å². The SMILES string of the molecule is CCCCS(=O)(=O)N1CCN(c2ncnc3c2cnn3-c2cccc(Cl)c2)CC1. The normalized spacial score (nSPS) is 15.9. The predicted octanol–water partition coefficient (Wildman–Crippen LogP) is 2.72. The van der Waals surface area contributed by atoms with E-state index in [0.717, 1.165) is 23.3 Å². The van der Waals surface area contributed by atoms with Crippen LogP contribution < -0.4 is 4.90 Å². The van der Waals surface area contributed by atoms with Crippen LogP contribution in [-0.4, -0.2) is 64.4 Å². The first-order chi connectivity index (χ1) is 14.0. The zero-order valence-electron chi connectivity index (χ0n) is 16.2. The summed E-state index contributed by atoms with van der Waals surface area (Å²) in [5.74, 6) is 0.988. The number of nitrogens with zero attached hydrogens (tertiary/aromatic N) is 6. The van der Waals surface area contributed by atoms with Gasteiger partial charge in [0.1, 0.15) is 12.1 Å². The average molecular weight is 435 g/mol. The van der Waals surface area contributed by atoms with E-state index in [0.29, 0.717) is 43.3 Å². The largest absolute Gasteiger partial charge is 0.353 e. The molecule has 1 saturated heterocycles. The fourth-order valence-electron chi connectivity index (χ4n) is 3.51. The van der Waals surface area contributed by atoms with Crippen molar-refractivity contribution < 1.29 is 8.42 Å². The monoisotopic (exact) mass is 434 g/mol. The highest BCUT2D eigenvalue weighted by Gasteiger charge is 2.28. The fourth-order valence-corrected chi connectivity index (χ4v) is 5.33. The zero-order valence-corrected chi connectivity index (χ0v) is 17.8. The highest BCUT2D eigenvalue weighted by Crippen LogP contribution is 2.26. The van der Waals surface area contributed by atoms with Crippen molar-refractivity contribution in [1.82, 2.24) is 24.1 Å². The molecule has 0 atom stereocenters. The maximum absolute atomic E-state index is 12.4. The van der Waals surface area contributed by atoms with Crippen molar-refractivity contribution >= 4 is 38.5 Å². The minimum absolute atomic E-state index is 0.216. The number of hydrogen-bond donors (Lipinski definition) is 0. The molecule has 0 spiro atoms. The van der Waals surface area contributed by atoms with Gasteiger partial charge in [0.05, 0.1) is 23.0 Å². The lowest BCUT2D eigenvalue weighted by molar-refractivity contribution is 0.383. The number of hydrogen-bond acceptors (Lipinski definition) is 6. The highest BCUT2D eigenvalue weighted by atomic mass is 35.5. The van der Waals surface area contributed by atoms with Crippen LogP contribution in [-0.2, 0) is 10.0 Å². The van der Waals surface area contributed by atoms with Crippen molar-refractivity contribution in [2.75, 3.05) is 36.8 Å². The number of benzene rings is 1. The van der Waals surface area contributed by atoms with Gasteiger partial charge in [-0.15, -0.1) is 0 Å². The molecular formula is C19H23ClN6O2S. The van der Waals surface area contributed by atoms with Gasteiger partial charge in [-0.05, 0) is 24.6 Å². The van der Waals surface area contributed by atoms with Gasteiger partial charge in [0, 0.05) is 31.2 Å². The first kappa shape index (κ1) is 20.1. The van der Waals surface area contributed by atoms with Crippen LogP contribution in [0.2, 0.25) is 5.02 Å². The summed E-state index contributed by atoms with van der Waals surface area (Å²) in [6, 6.07) is 7.42. The molecule has 1 aliphatic heterocycles. The number of aromatic nitrogens is 4. The van der Waals surface area contributed by atoms with Gasteiger partial charge in [0.25, 0.3) is 0 Å². The molecule has 0 aliphatic carbocycles. The Kier molecular flexibility index (Phi) is 5.71. The van der Waals surface area contributed by atoms with E-state index in [2.05, 4.69) is 20.0 Å². The van der Waals surface area contributed by atoms with Crippen LogP contribution in [0.15, 0.2) is 36.8 Å². The lowest BCUT2D eigenvalue weighted by Gasteiger charge is -2.34. The van der Waals surface area contributed by atoms with Crippen LogP contribution in [0.3, 0.4) is 0 Å². The van der Waals surface area contributed by atoms with Gasteiger partial charge in [-0.25, -0.2) is 23.1 Å². The molecule has 0 unspecified atom stereocenters. The number of unbranched alkanes of at least 4 members (excludes halogenated alkanes) is 1. The van der Waals surface area contributed by atoms with Crippen molar-refractivity contribution in [3.05, 3.63) is 41.8 Å². The van der Waals surface area contributed by atoms with Gasteiger partial charge < -0.3 is 4.90 Å². The maximum atomic E-state index is 12.4. The number of anilines is 1. The van der Waals surface area contributed by atoms with E-state index in [1.165, 1.54) is 6.33 Å². The molecule has 8 nitrogen and oxygen atoms in total. The summed E-state index contributed by atoms with van der Waals surface area (Å²) in [4.78, 5) is 11.0. The third-order valence-corrected chi connectivity index (χ3v) is 7.28. The molecule has 0 amide bonds. The topological polar surface area (TPSA) is 84.2 Å². The van der Waals surface area contributed by atoms with E-state index in [4.69, 9.17) is 11.6 Å². The molecule has 3 aromatic rings. The quantitative estimate of drug-likeness (QED) is 0.593. The molecule has 1 fully saturated rings. The third-order valence-electron chi connectivity index (χ3n) is 5.08. The predicted molar refractivity (Wildman–Crippen MR) is 114 cm³/mol. The van der Waals surface area contributed by atoms with Crippen molar-refractivity contribution in [1.29, 1.82) is 0 Å². The van der Waals surface area contributed by atoms with Crippen molar-refractivity contribution in [2.24, 2.45) is 0 Å². The Hall–Kier alpha value is -2.23. The molecule has 0 radical (unpaired) electrons. The zero-order chi connectivity index (χ0) is 20.4. The number of halogens is 1. The Morgan fingerprint density at radius 1 is 1.14 bits per heavy atom.